The van der Waals surface area contributed by atoms with Gasteiger partial charge in [-0.05, 0) is 24.6 Å². The highest BCUT2D eigenvalue weighted by molar-refractivity contribution is 5.97. The third-order valence-corrected chi connectivity index (χ3v) is 4.07. The minimum atomic E-state index is -0.428. The van der Waals surface area contributed by atoms with E-state index < -0.39 is 11.8 Å². The third-order valence-electron chi connectivity index (χ3n) is 4.07. The van der Waals surface area contributed by atoms with Crippen LogP contribution in [0.2, 0.25) is 0 Å². The number of carbonyl (C=O) groups excluding carboxylic acids is 2. The zero-order chi connectivity index (χ0) is 18.7. The maximum absolute atomic E-state index is 12.2. The Balaban J connectivity index is 1.74. The van der Waals surface area contributed by atoms with Gasteiger partial charge < -0.3 is 0 Å². The fourth-order valence-corrected chi connectivity index (χ4v) is 2.72. The third kappa shape index (κ3) is 3.46. The molecule has 0 unspecified atom stereocenters. The van der Waals surface area contributed by atoms with Crippen LogP contribution in [0.4, 0.5) is 0 Å². The molecule has 132 valence electrons. The van der Waals surface area contributed by atoms with Crippen molar-refractivity contribution in [3.63, 3.8) is 0 Å². The van der Waals surface area contributed by atoms with Crippen molar-refractivity contribution in [3.05, 3.63) is 75.7 Å². The maximum Gasteiger partial charge on any atom is 0.274 e. The number of fused-ring (bicyclic) bond motifs is 1. The van der Waals surface area contributed by atoms with Crippen molar-refractivity contribution in [2.45, 2.75) is 13.3 Å². The Morgan fingerprint density at radius 3 is 2.38 bits per heavy atom. The summed E-state index contributed by atoms with van der Waals surface area (Å²) >= 11 is 0. The van der Waals surface area contributed by atoms with Gasteiger partial charge in [-0.2, -0.15) is 5.10 Å². The Labute approximate surface area is 149 Å². The zero-order valence-electron chi connectivity index (χ0n) is 14.4. The Hall–Kier alpha value is -3.48. The van der Waals surface area contributed by atoms with E-state index in [1.807, 2.05) is 19.1 Å². The van der Waals surface area contributed by atoms with Gasteiger partial charge in [0.1, 0.15) is 0 Å². The standard InChI is InChI=1S/C19H18N4O3/c1-12-7-3-4-8-13(12)18(25)21-20-17(24)11-16-14-9-5-6-10-15(14)19(26)23(2)22-16/h3-10H,11H2,1-2H3,(H,20,24)(H,21,25). The monoisotopic (exact) mass is 350 g/mol. The van der Waals surface area contributed by atoms with Crippen LogP contribution >= 0.6 is 0 Å². The average molecular weight is 350 g/mol. The molecule has 0 atom stereocenters. The summed E-state index contributed by atoms with van der Waals surface area (Å²) < 4.78 is 1.21. The van der Waals surface area contributed by atoms with Crippen LogP contribution in [0.5, 0.6) is 0 Å². The largest absolute Gasteiger partial charge is 0.274 e. The van der Waals surface area contributed by atoms with E-state index in [4.69, 9.17) is 0 Å². The fourth-order valence-electron chi connectivity index (χ4n) is 2.72. The molecule has 7 nitrogen and oxygen atoms in total. The summed E-state index contributed by atoms with van der Waals surface area (Å²) in [5.41, 5.74) is 6.32. The summed E-state index contributed by atoms with van der Waals surface area (Å²) in [6.45, 7) is 1.82. The summed E-state index contributed by atoms with van der Waals surface area (Å²) in [6, 6.07) is 14.1. The average Bonchev–Trinajstić information content (AvgIpc) is 2.64. The Bertz CT molecular complexity index is 1060. The molecule has 26 heavy (non-hydrogen) atoms. The summed E-state index contributed by atoms with van der Waals surface area (Å²) in [5, 5.41) is 5.29. The van der Waals surface area contributed by atoms with E-state index in [0.29, 0.717) is 22.0 Å². The summed E-state index contributed by atoms with van der Waals surface area (Å²) in [5.74, 6) is -0.821. The molecule has 0 fully saturated rings. The molecule has 0 aliphatic rings. The van der Waals surface area contributed by atoms with Crippen molar-refractivity contribution >= 4 is 22.6 Å². The first kappa shape index (κ1) is 17.3. The van der Waals surface area contributed by atoms with Crippen LogP contribution in [0, 0.1) is 6.92 Å². The van der Waals surface area contributed by atoms with Crippen LogP contribution in [0.15, 0.2) is 53.3 Å². The number of nitrogens with zero attached hydrogens (tertiary/aromatic N) is 2. The minimum Gasteiger partial charge on any atom is -0.273 e. The van der Waals surface area contributed by atoms with Gasteiger partial charge in [0, 0.05) is 18.0 Å². The number of rotatable bonds is 3. The molecule has 0 bridgehead atoms. The first-order valence-corrected chi connectivity index (χ1v) is 8.07. The Kier molecular flexibility index (Phi) is 4.79. The zero-order valence-corrected chi connectivity index (χ0v) is 14.4. The normalized spacial score (nSPS) is 10.5. The van der Waals surface area contributed by atoms with Crippen molar-refractivity contribution in [1.82, 2.24) is 20.6 Å². The van der Waals surface area contributed by atoms with Crippen molar-refractivity contribution in [3.8, 4) is 0 Å². The quantitative estimate of drug-likeness (QED) is 0.695. The molecule has 0 aliphatic carbocycles. The molecule has 1 aromatic heterocycles. The molecule has 2 amide bonds. The smallest absolute Gasteiger partial charge is 0.273 e. The van der Waals surface area contributed by atoms with Crippen LogP contribution in [-0.4, -0.2) is 21.6 Å². The molecule has 3 aromatic rings. The lowest BCUT2D eigenvalue weighted by atomic mass is 10.1. The van der Waals surface area contributed by atoms with Gasteiger partial charge in [0.2, 0.25) is 5.91 Å². The predicted molar refractivity (Wildman–Crippen MR) is 97.5 cm³/mol. The van der Waals surface area contributed by atoms with Crippen LogP contribution < -0.4 is 16.4 Å². The molecular weight excluding hydrogens is 332 g/mol. The van der Waals surface area contributed by atoms with Crippen LogP contribution in [0.3, 0.4) is 0 Å². The van der Waals surface area contributed by atoms with E-state index in [1.165, 1.54) is 11.7 Å². The van der Waals surface area contributed by atoms with Gasteiger partial charge in [-0.25, -0.2) is 4.68 Å². The van der Waals surface area contributed by atoms with Gasteiger partial charge in [-0.15, -0.1) is 0 Å². The molecule has 0 aliphatic heterocycles. The van der Waals surface area contributed by atoms with E-state index in [9.17, 15) is 14.4 Å². The van der Waals surface area contributed by atoms with Gasteiger partial charge in [0.05, 0.1) is 17.5 Å². The Morgan fingerprint density at radius 1 is 1.00 bits per heavy atom. The van der Waals surface area contributed by atoms with E-state index >= 15 is 0 Å². The minimum absolute atomic E-state index is 0.0668. The predicted octanol–water partition coefficient (Wildman–Crippen LogP) is 1.25. The molecule has 2 aromatic carbocycles. The summed E-state index contributed by atoms with van der Waals surface area (Å²) in [4.78, 5) is 36.5. The number of hydrazine groups is 1. The van der Waals surface area contributed by atoms with Gasteiger partial charge in [-0.1, -0.05) is 36.4 Å². The van der Waals surface area contributed by atoms with Gasteiger partial charge in [0.15, 0.2) is 0 Å². The van der Waals surface area contributed by atoms with Crippen molar-refractivity contribution in [2.24, 2.45) is 7.05 Å². The van der Waals surface area contributed by atoms with Crippen molar-refractivity contribution in [2.75, 3.05) is 0 Å². The number of hydrogen-bond acceptors (Lipinski definition) is 4. The second kappa shape index (κ2) is 7.18. The summed E-state index contributed by atoms with van der Waals surface area (Å²) in [7, 11) is 1.54. The van der Waals surface area contributed by atoms with Crippen LogP contribution in [0.25, 0.3) is 10.8 Å². The van der Waals surface area contributed by atoms with Gasteiger partial charge in [0.25, 0.3) is 11.5 Å². The molecule has 7 heteroatoms. The number of aromatic nitrogens is 2. The van der Waals surface area contributed by atoms with Crippen molar-refractivity contribution < 1.29 is 9.59 Å². The van der Waals surface area contributed by atoms with Gasteiger partial charge >= 0.3 is 0 Å². The number of nitrogens with one attached hydrogen (secondary N) is 2. The van der Waals surface area contributed by atoms with E-state index in [0.717, 1.165) is 5.56 Å². The molecule has 0 spiro atoms. The second-order valence-corrected chi connectivity index (χ2v) is 5.92. The maximum atomic E-state index is 12.2. The fraction of sp³-hybridized carbons (Fsp3) is 0.158. The first-order chi connectivity index (χ1) is 12.5. The number of hydrogen-bond donors (Lipinski definition) is 2. The SMILES string of the molecule is Cc1ccccc1C(=O)NNC(=O)Cc1nn(C)c(=O)c2ccccc12. The highest BCUT2D eigenvalue weighted by Crippen LogP contribution is 2.13. The highest BCUT2D eigenvalue weighted by atomic mass is 16.2. The van der Waals surface area contributed by atoms with Crippen LogP contribution in [0.1, 0.15) is 21.6 Å². The lowest BCUT2D eigenvalue weighted by Gasteiger charge is -2.10. The molecule has 1 heterocycles. The van der Waals surface area contributed by atoms with E-state index in [1.54, 1.807) is 36.4 Å². The molecule has 3 rings (SSSR count). The number of carbonyl (C=O) groups is 2. The Morgan fingerprint density at radius 2 is 1.65 bits per heavy atom. The number of amides is 2. The molecular formula is C19H18N4O3. The molecule has 2 N–H and O–H groups in total. The van der Waals surface area contributed by atoms with E-state index in [2.05, 4.69) is 16.0 Å². The number of aryl methyl sites for hydroxylation is 2. The summed E-state index contributed by atoms with van der Waals surface area (Å²) in [6.07, 6.45) is -0.0668. The van der Waals surface area contributed by atoms with Gasteiger partial charge in [-0.3, -0.25) is 25.2 Å². The lowest BCUT2D eigenvalue weighted by molar-refractivity contribution is -0.121. The second-order valence-electron chi connectivity index (χ2n) is 5.92. The van der Waals surface area contributed by atoms with E-state index in [-0.39, 0.29) is 12.0 Å². The first-order valence-electron chi connectivity index (χ1n) is 8.07. The lowest BCUT2D eigenvalue weighted by Crippen LogP contribution is -2.42. The number of benzene rings is 2. The van der Waals surface area contributed by atoms with Crippen LogP contribution in [-0.2, 0) is 18.3 Å². The molecule has 0 saturated carbocycles. The molecule has 0 saturated heterocycles. The van der Waals surface area contributed by atoms with Crippen molar-refractivity contribution in [1.29, 1.82) is 0 Å². The topological polar surface area (TPSA) is 93.1 Å². The molecule has 0 radical (unpaired) electrons. The highest BCUT2D eigenvalue weighted by Gasteiger charge is 2.14.